The Morgan fingerprint density at radius 3 is 0.926 bits per heavy atom. The van der Waals surface area contributed by atoms with Crippen LogP contribution in [-0.4, -0.2) is 37.2 Å². The van der Waals surface area contributed by atoms with Gasteiger partial charge in [0.2, 0.25) is 0 Å². The van der Waals surface area contributed by atoms with Crippen molar-refractivity contribution in [3.63, 3.8) is 0 Å². The second kappa shape index (κ2) is 54.6. The minimum atomic E-state index is -0.834. The Morgan fingerprint density at radius 2 is 0.574 bits per heavy atom. The zero-order valence-corrected chi connectivity index (χ0v) is 43.0. The molecule has 0 aliphatic carbocycles. The van der Waals surface area contributed by atoms with Crippen molar-refractivity contribution >= 4 is 17.9 Å². The van der Waals surface area contributed by atoms with Crippen molar-refractivity contribution in [1.29, 1.82) is 0 Å². The van der Waals surface area contributed by atoms with Crippen molar-refractivity contribution < 1.29 is 28.6 Å². The van der Waals surface area contributed by atoms with E-state index in [1.807, 2.05) is 109 Å². The highest BCUT2D eigenvalue weighted by Gasteiger charge is 2.19. The van der Waals surface area contributed by atoms with E-state index in [1.54, 1.807) is 0 Å². The number of hydrogen-bond donors (Lipinski definition) is 0. The first-order valence-electron chi connectivity index (χ1n) is 26.7. The predicted molar refractivity (Wildman–Crippen MR) is 292 cm³/mol. The minimum absolute atomic E-state index is 0.126. The van der Waals surface area contributed by atoms with E-state index in [-0.39, 0.29) is 44.0 Å². The molecule has 0 N–H and O–H groups in total. The maximum absolute atomic E-state index is 12.8. The number of carbonyl (C=O) groups is 3. The normalized spacial score (nSPS) is 13.4. The zero-order chi connectivity index (χ0) is 49.3. The molecule has 68 heavy (non-hydrogen) atoms. The summed E-state index contributed by atoms with van der Waals surface area (Å²) in [6.45, 7) is 6.23. The monoisotopic (exact) mass is 935 g/mol. The molecule has 1 atom stereocenters. The van der Waals surface area contributed by atoms with Gasteiger partial charge in [-0.25, -0.2) is 0 Å². The van der Waals surface area contributed by atoms with Crippen molar-refractivity contribution in [2.24, 2.45) is 0 Å². The van der Waals surface area contributed by atoms with Crippen LogP contribution >= 0.6 is 0 Å². The van der Waals surface area contributed by atoms with Crippen molar-refractivity contribution in [2.75, 3.05) is 13.2 Å². The molecule has 6 nitrogen and oxygen atoms in total. The van der Waals surface area contributed by atoms with Crippen molar-refractivity contribution in [2.45, 2.75) is 200 Å². The van der Waals surface area contributed by atoms with Crippen molar-refractivity contribution in [3.8, 4) is 0 Å². The lowest BCUT2D eigenvalue weighted by Crippen LogP contribution is -2.30. The Hall–Kier alpha value is -4.97. The molecule has 0 heterocycles. The topological polar surface area (TPSA) is 78.9 Å². The molecule has 0 saturated heterocycles. The quantitative estimate of drug-likeness (QED) is 0.0262. The maximum atomic E-state index is 12.8. The Bertz CT molecular complexity index is 1590. The van der Waals surface area contributed by atoms with E-state index in [9.17, 15) is 14.4 Å². The third-order valence-electron chi connectivity index (χ3n) is 10.6. The Balaban J connectivity index is 4.62. The summed E-state index contributed by atoms with van der Waals surface area (Å²) in [5.74, 6) is -1.04. The lowest BCUT2D eigenvalue weighted by Gasteiger charge is -2.18. The fourth-order valence-electron chi connectivity index (χ4n) is 6.60. The summed E-state index contributed by atoms with van der Waals surface area (Å²) in [5, 5.41) is 0. The van der Waals surface area contributed by atoms with E-state index in [4.69, 9.17) is 14.2 Å². The van der Waals surface area contributed by atoms with Crippen LogP contribution in [0, 0.1) is 0 Å². The standard InChI is InChI=1S/C62H94O6/c1-4-7-10-13-16-19-22-25-28-30-32-34-37-40-43-46-49-52-55-61(64)67-58-59(57-66-60(63)54-51-48-45-42-39-36-33-27-24-21-18-15-12-9-6-3)68-62(65)56-53-50-47-44-41-38-35-31-29-26-23-20-17-14-11-8-5-2/h8-9,11-12,14-15,17-18,20-21,23-24,26-36,38-39,41,59H,4-7,10,13,16,19,22,25,37,40,42-58H2,1-3H3/b11-8-,12-9-,17-14-,18-15-,23-20-,24-21-,29-26-,30-28-,33-27-,34-32-,35-31+,39-36-,41-38-. The molecular formula is C62H94O6. The highest BCUT2D eigenvalue weighted by Crippen LogP contribution is 2.12. The number of unbranched alkanes of at least 4 members (excludes halogenated alkanes) is 18. The first-order valence-corrected chi connectivity index (χ1v) is 26.7. The zero-order valence-electron chi connectivity index (χ0n) is 43.0. The smallest absolute Gasteiger partial charge is 0.306 e. The Morgan fingerprint density at radius 1 is 0.309 bits per heavy atom. The van der Waals surface area contributed by atoms with Crippen LogP contribution in [0.25, 0.3) is 0 Å². The summed E-state index contributed by atoms with van der Waals surface area (Å²) in [5.41, 5.74) is 0. The summed E-state index contributed by atoms with van der Waals surface area (Å²) in [6, 6.07) is 0. The highest BCUT2D eigenvalue weighted by atomic mass is 16.6. The molecule has 0 aliphatic rings. The molecule has 6 heteroatoms. The van der Waals surface area contributed by atoms with E-state index >= 15 is 0 Å². The molecule has 0 aromatic heterocycles. The molecule has 0 fully saturated rings. The molecule has 0 rings (SSSR count). The number of esters is 3. The van der Waals surface area contributed by atoms with Crippen LogP contribution in [0.5, 0.6) is 0 Å². The SMILES string of the molecule is CC\C=C/C=C\C=C/C=C\C=C/CCCCCC(=O)OCC(COC(=O)CCCCCCC/C=C\C=C/CCCCCCCCC)OC(=O)CCCCC\C=C/C=C/C=C\C=C/C=C\C=C/CC. The van der Waals surface area contributed by atoms with Gasteiger partial charge in [0.15, 0.2) is 6.10 Å². The average Bonchev–Trinajstić information content (AvgIpc) is 3.34. The summed E-state index contributed by atoms with van der Waals surface area (Å²) < 4.78 is 16.7. The molecule has 0 bridgehead atoms. The van der Waals surface area contributed by atoms with Gasteiger partial charge >= 0.3 is 17.9 Å². The number of carbonyl (C=O) groups excluding carboxylic acids is 3. The van der Waals surface area contributed by atoms with Gasteiger partial charge in [0.25, 0.3) is 0 Å². The van der Waals surface area contributed by atoms with E-state index in [1.165, 1.54) is 51.4 Å². The van der Waals surface area contributed by atoms with Gasteiger partial charge < -0.3 is 14.2 Å². The molecule has 0 radical (unpaired) electrons. The van der Waals surface area contributed by atoms with Crippen LogP contribution in [0.4, 0.5) is 0 Å². The largest absolute Gasteiger partial charge is 0.462 e. The number of rotatable bonds is 45. The lowest BCUT2D eigenvalue weighted by molar-refractivity contribution is -0.167. The second-order valence-corrected chi connectivity index (χ2v) is 17.0. The molecule has 0 saturated carbocycles. The van der Waals surface area contributed by atoms with E-state index < -0.39 is 6.10 Å². The van der Waals surface area contributed by atoms with Gasteiger partial charge in [0.05, 0.1) is 0 Å². The fourth-order valence-corrected chi connectivity index (χ4v) is 6.60. The van der Waals surface area contributed by atoms with Crippen LogP contribution in [0.3, 0.4) is 0 Å². The minimum Gasteiger partial charge on any atom is -0.462 e. The van der Waals surface area contributed by atoms with Gasteiger partial charge in [-0.1, -0.05) is 249 Å². The van der Waals surface area contributed by atoms with Gasteiger partial charge in [0, 0.05) is 19.3 Å². The van der Waals surface area contributed by atoms with Crippen molar-refractivity contribution in [1.82, 2.24) is 0 Å². The molecular weight excluding hydrogens is 841 g/mol. The lowest BCUT2D eigenvalue weighted by atomic mass is 10.1. The maximum Gasteiger partial charge on any atom is 0.306 e. The Labute approximate surface area is 416 Å². The molecule has 0 aromatic carbocycles. The Kier molecular flexibility index (Phi) is 50.6. The van der Waals surface area contributed by atoms with Crippen LogP contribution in [-0.2, 0) is 28.6 Å². The summed E-state index contributed by atoms with van der Waals surface area (Å²) in [6.07, 6.45) is 79.3. The summed E-state index contributed by atoms with van der Waals surface area (Å²) >= 11 is 0. The third-order valence-corrected chi connectivity index (χ3v) is 10.6. The van der Waals surface area contributed by atoms with Crippen LogP contribution in [0.2, 0.25) is 0 Å². The molecule has 378 valence electrons. The van der Waals surface area contributed by atoms with E-state index in [0.717, 1.165) is 89.9 Å². The van der Waals surface area contributed by atoms with Crippen molar-refractivity contribution in [3.05, 3.63) is 158 Å². The number of hydrogen-bond acceptors (Lipinski definition) is 6. The average molecular weight is 935 g/mol. The van der Waals surface area contributed by atoms with Crippen LogP contribution in [0.1, 0.15) is 194 Å². The van der Waals surface area contributed by atoms with Gasteiger partial charge in [0.1, 0.15) is 13.2 Å². The first-order chi connectivity index (χ1) is 33.5. The summed E-state index contributed by atoms with van der Waals surface area (Å²) in [4.78, 5) is 38.1. The van der Waals surface area contributed by atoms with E-state index in [2.05, 4.69) is 69.4 Å². The molecule has 0 aromatic rings. The van der Waals surface area contributed by atoms with Crippen LogP contribution < -0.4 is 0 Å². The fraction of sp³-hybridized carbons (Fsp3) is 0.532. The third kappa shape index (κ3) is 52.0. The second-order valence-electron chi connectivity index (χ2n) is 17.0. The molecule has 0 aliphatic heterocycles. The molecule has 1 unspecified atom stereocenters. The van der Waals surface area contributed by atoms with Gasteiger partial charge in [-0.15, -0.1) is 0 Å². The van der Waals surface area contributed by atoms with E-state index in [0.29, 0.717) is 19.3 Å². The number of ether oxygens (including phenoxy) is 3. The van der Waals surface area contributed by atoms with Gasteiger partial charge in [-0.2, -0.15) is 0 Å². The predicted octanol–water partition coefficient (Wildman–Crippen LogP) is 17.8. The highest BCUT2D eigenvalue weighted by molar-refractivity contribution is 5.71. The molecule has 0 spiro atoms. The molecule has 0 amide bonds. The summed E-state index contributed by atoms with van der Waals surface area (Å²) in [7, 11) is 0. The first kappa shape index (κ1) is 63.0. The van der Waals surface area contributed by atoms with Gasteiger partial charge in [-0.05, 0) is 83.5 Å². The number of allylic oxidation sites excluding steroid dienone is 26. The van der Waals surface area contributed by atoms with Crippen LogP contribution in [0.15, 0.2) is 158 Å². The van der Waals surface area contributed by atoms with Gasteiger partial charge in [-0.3, -0.25) is 14.4 Å².